The molecule has 0 aliphatic carbocycles. The summed E-state index contributed by atoms with van der Waals surface area (Å²) < 4.78 is 5.60. The third-order valence-corrected chi connectivity index (χ3v) is 3.53. The molecule has 0 bridgehead atoms. The first-order chi connectivity index (χ1) is 9.93. The molecule has 1 rings (SSSR count). The molecule has 0 atom stereocenters. The Morgan fingerprint density at radius 3 is 1.95 bits per heavy atom. The van der Waals surface area contributed by atoms with E-state index >= 15 is 0 Å². The van der Waals surface area contributed by atoms with Crippen molar-refractivity contribution in [3.05, 3.63) is 35.9 Å². The van der Waals surface area contributed by atoms with Gasteiger partial charge in [0.1, 0.15) is 0 Å². The highest BCUT2D eigenvalue weighted by Gasteiger charge is 1.94. The van der Waals surface area contributed by atoms with E-state index < -0.39 is 0 Å². The molecule has 0 N–H and O–H groups in total. The Balaban J connectivity index is 1.77. The van der Waals surface area contributed by atoms with Crippen LogP contribution >= 0.6 is 0 Å². The molecule has 1 aromatic rings. The van der Waals surface area contributed by atoms with Gasteiger partial charge >= 0.3 is 0 Å². The van der Waals surface area contributed by atoms with Gasteiger partial charge in [-0.2, -0.15) is 0 Å². The fourth-order valence-electron chi connectivity index (χ4n) is 2.29. The predicted octanol–water partition coefficient (Wildman–Crippen LogP) is 4.80. The molecule has 1 aromatic carbocycles. The second-order valence-corrected chi connectivity index (χ2v) is 5.38. The van der Waals surface area contributed by atoms with Crippen molar-refractivity contribution in [3.63, 3.8) is 0 Å². The summed E-state index contributed by atoms with van der Waals surface area (Å²) in [7, 11) is 0. The maximum Gasteiger partial charge on any atom is 0.0822 e. The van der Waals surface area contributed by atoms with E-state index in [4.69, 9.17) is 4.74 Å². The number of unbranched alkanes of at least 4 members (excludes halogenated alkanes) is 6. The van der Waals surface area contributed by atoms with Crippen LogP contribution in [0.15, 0.2) is 30.3 Å². The zero-order valence-corrected chi connectivity index (χ0v) is 12.7. The van der Waals surface area contributed by atoms with Crippen molar-refractivity contribution in [2.45, 2.75) is 57.8 Å². The molecule has 0 spiro atoms. The van der Waals surface area contributed by atoms with Crippen LogP contribution in [0, 0.1) is 0 Å². The molecule has 0 saturated carbocycles. The quantitative estimate of drug-likeness (QED) is 0.476. The number of hydrogen-bond donors (Lipinski definition) is 0. The first-order valence-electron chi connectivity index (χ1n) is 8.13. The van der Waals surface area contributed by atoms with Crippen LogP contribution in [0.2, 0.25) is 0 Å². The molecule has 20 heavy (non-hydrogen) atoms. The Hall–Kier alpha value is -0.860. The normalized spacial score (nSPS) is 10.8. The van der Waals surface area contributed by atoms with E-state index in [0.717, 1.165) is 38.9 Å². The molecule has 0 heterocycles. The summed E-state index contributed by atoms with van der Waals surface area (Å²) in [5.74, 6) is 0. The van der Waals surface area contributed by atoms with Crippen molar-refractivity contribution in [2.75, 3.05) is 19.8 Å². The van der Waals surface area contributed by atoms with Gasteiger partial charge in [-0.15, -0.1) is 0 Å². The molecule has 0 amide bonds. The van der Waals surface area contributed by atoms with Crippen LogP contribution in [0.25, 0.3) is 0 Å². The summed E-state index contributed by atoms with van der Waals surface area (Å²) >= 11 is 0. The molecular formula is C18H29O2. The molecule has 2 nitrogen and oxygen atoms in total. The Labute approximate surface area is 124 Å². The molecule has 1 radical (unpaired) electrons. The van der Waals surface area contributed by atoms with Gasteiger partial charge in [-0.3, -0.25) is 0 Å². The predicted molar refractivity (Wildman–Crippen MR) is 83.5 cm³/mol. The third kappa shape index (κ3) is 9.99. The lowest BCUT2D eigenvalue weighted by atomic mass is 10.1. The minimum absolute atomic E-state index is 0.0733. The van der Waals surface area contributed by atoms with Gasteiger partial charge in [0.15, 0.2) is 0 Å². The highest BCUT2D eigenvalue weighted by atomic mass is 16.5. The van der Waals surface area contributed by atoms with E-state index in [9.17, 15) is 5.11 Å². The SMILES string of the molecule is [O]CCCCCCOCCCCCCc1ccccc1. The van der Waals surface area contributed by atoms with Gasteiger partial charge in [-0.05, 0) is 37.7 Å². The van der Waals surface area contributed by atoms with Crippen LogP contribution in [-0.2, 0) is 16.3 Å². The fourth-order valence-corrected chi connectivity index (χ4v) is 2.29. The van der Waals surface area contributed by atoms with E-state index in [2.05, 4.69) is 30.3 Å². The molecule has 2 heteroatoms. The van der Waals surface area contributed by atoms with Crippen LogP contribution < -0.4 is 0 Å². The summed E-state index contributed by atoms with van der Waals surface area (Å²) in [5.41, 5.74) is 1.45. The number of hydrogen-bond acceptors (Lipinski definition) is 1. The van der Waals surface area contributed by atoms with E-state index in [1.165, 1.54) is 37.7 Å². The summed E-state index contributed by atoms with van der Waals surface area (Å²) in [6.07, 6.45) is 10.3. The van der Waals surface area contributed by atoms with Crippen molar-refractivity contribution < 1.29 is 9.84 Å². The average Bonchev–Trinajstić information content (AvgIpc) is 2.49. The molecule has 0 aliphatic heterocycles. The van der Waals surface area contributed by atoms with Crippen LogP contribution in [0.5, 0.6) is 0 Å². The molecule has 0 fully saturated rings. The van der Waals surface area contributed by atoms with Gasteiger partial charge in [0.05, 0.1) is 6.61 Å². The van der Waals surface area contributed by atoms with Crippen LogP contribution in [0.1, 0.15) is 56.9 Å². The standard InChI is InChI=1S/C18H29O2/c19-15-9-2-4-11-17-20-16-10-3-1-6-12-18-13-7-5-8-14-18/h5,7-8,13-14H,1-4,6,9-12,15-17H2. The Kier molecular flexibility index (Phi) is 11.3. The minimum atomic E-state index is 0.0733. The van der Waals surface area contributed by atoms with Gasteiger partial charge in [0.25, 0.3) is 0 Å². The van der Waals surface area contributed by atoms with Crippen LogP contribution in [0.4, 0.5) is 0 Å². The van der Waals surface area contributed by atoms with Crippen molar-refractivity contribution in [1.29, 1.82) is 0 Å². The monoisotopic (exact) mass is 277 g/mol. The van der Waals surface area contributed by atoms with Crippen LogP contribution in [0.3, 0.4) is 0 Å². The molecule has 0 unspecified atom stereocenters. The molecule has 0 aliphatic rings. The molecule has 113 valence electrons. The van der Waals surface area contributed by atoms with E-state index in [-0.39, 0.29) is 6.61 Å². The first-order valence-corrected chi connectivity index (χ1v) is 8.13. The Morgan fingerprint density at radius 1 is 0.700 bits per heavy atom. The molecule has 0 saturated heterocycles. The highest BCUT2D eigenvalue weighted by Crippen LogP contribution is 2.08. The lowest BCUT2D eigenvalue weighted by Crippen LogP contribution is -1.97. The number of rotatable bonds is 13. The lowest BCUT2D eigenvalue weighted by molar-refractivity contribution is 0.124. The number of ether oxygens (including phenoxy) is 1. The summed E-state index contributed by atoms with van der Waals surface area (Å²) in [6, 6.07) is 10.7. The summed E-state index contributed by atoms with van der Waals surface area (Å²) in [5, 5.41) is 10.2. The average molecular weight is 277 g/mol. The lowest BCUT2D eigenvalue weighted by Gasteiger charge is -2.04. The summed E-state index contributed by atoms with van der Waals surface area (Å²) in [4.78, 5) is 0. The van der Waals surface area contributed by atoms with E-state index in [0.29, 0.717) is 0 Å². The summed E-state index contributed by atoms with van der Waals surface area (Å²) in [6.45, 7) is 1.83. The van der Waals surface area contributed by atoms with Gasteiger partial charge < -0.3 is 4.74 Å². The Morgan fingerprint density at radius 2 is 1.30 bits per heavy atom. The van der Waals surface area contributed by atoms with Crippen molar-refractivity contribution in [2.24, 2.45) is 0 Å². The van der Waals surface area contributed by atoms with E-state index in [1.807, 2.05) is 0 Å². The van der Waals surface area contributed by atoms with Crippen molar-refractivity contribution in [3.8, 4) is 0 Å². The van der Waals surface area contributed by atoms with E-state index in [1.54, 1.807) is 0 Å². The topological polar surface area (TPSA) is 29.1 Å². The molecular weight excluding hydrogens is 248 g/mol. The largest absolute Gasteiger partial charge is 0.381 e. The van der Waals surface area contributed by atoms with Gasteiger partial charge in [-0.25, -0.2) is 5.11 Å². The van der Waals surface area contributed by atoms with Crippen molar-refractivity contribution in [1.82, 2.24) is 0 Å². The molecule has 0 aromatic heterocycles. The Bertz CT molecular complexity index is 298. The van der Waals surface area contributed by atoms with Gasteiger partial charge in [0, 0.05) is 13.2 Å². The fraction of sp³-hybridized carbons (Fsp3) is 0.667. The highest BCUT2D eigenvalue weighted by molar-refractivity contribution is 5.14. The second-order valence-electron chi connectivity index (χ2n) is 5.38. The van der Waals surface area contributed by atoms with Gasteiger partial charge in [0.2, 0.25) is 0 Å². The first kappa shape index (κ1) is 17.2. The zero-order valence-electron chi connectivity index (χ0n) is 12.7. The number of aryl methyl sites for hydroxylation is 1. The van der Waals surface area contributed by atoms with Crippen LogP contribution in [-0.4, -0.2) is 19.8 Å². The zero-order chi connectivity index (χ0) is 14.3. The second kappa shape index (κ2) is 13.1. The maximum atomic E-state index is 10.2. The maximum absolute atomic E-state index is 10.2. The smallest absolute Gasteiger partial charge is 0.0822 e. The number of benzene rings is 1. The third-order valence-electron chi connectivity index (χ3n) is 3.53. The van der Waals surface area contributed by atoms with Gasteiger partial charge in [-0.1, -0.05) is 56.0 Å². The van der Waals surface area contributed by atoms with Crippen molar-refractivity contribution >= 4 is 0 Å². The minimum Gasteiger partial charge on any atom is -0.381 e.